The van der Waals surface area contributed by atoms with Gasteiger partial charge in [0, 0.05) is 5.56 Å². The highest BCUT2D eigenvalue weighted by Crippen LogP contribution is 2.22. The van der Waals surface area contributed by atoms with E-state index in [9.17, 15) is 4.79 Å². The monoisotopic (exact) mass is 259 g/mol. The summed E-state index contributed by atoms with van der Waals surface area (Å²) in [6, 6.07) is 1.74. The maximum Gasteiger partial charge on any atom is 0.260 e. The fourth-order valence-electron chi connectivity index (χ4n) is 1.94. The van der Waals surface area contributed by atoms with Crippen molar-refractivity contribution in [2.75, 3.05) is 11.1 Å². The van der Waals surface area contributed by atoms with E-state index in [1.807, 2.05) is 20.8 Å². The van der Waals surface area contributed by atoms with Crippen molar-refractivity contribution < 1.29 is 9.21 Å². The maximum absolute atomic E-state index is 12.2. The van der Waals surface area contributed by atoms with E-state index in [0.717, 1.165) is 16.9 Å². The lowest BCUT2D eigenvalue weighted by molar-refractivity contribution is 0.102. The van der Waals surface area contributed by atoms with Gasteiger partial charge >= 0.3 is 0 Å². The van der Waals surface area contributed by atoms with Gasteiger partial charge in [0.15, 0.2) is 0 Å². The fraction of sp³-hybridized carbons (Fsp3) is 0.286. The van der Waals surface area contributed by atoms with Gasteiger partial charge in [-0.1, -0.05) is 0 Å². The average Bonchev–Trinajstić information content (AvgIpc) is 2.58. The standard InChI is InChI=1S/C14H17N3O2/c1-7-5-12(16-6-11(7)15)17-14(18)13-8(2)9(3)19-10(13)4/h5-6H,15H2,1-4H3,(H,16,17,18). The largest absolute Gasteiger partial charge is 0.466 e. The molecule has 5 heteroatoms. The van der Waals surface area contributed by atoms with Crippen molar-refractivity contribution in [2.45, 2.75) is 27.7 Å². The van der Waals surface area contributed by atoms with Crippen molar-refractivity contribution in [3.63, 3.8) is 0 Å². The highest BCUT2D eigenvalue weighted by molar-refractivity contribution is 6.05. The van der Waals surface area contributed by atoms with Crippen LogP contribution in [0, 0.1) is 27.7 Å². The minimum atomic E-state index is -0.219. The fourth-order valence-corrected chi connectivity index (χ4v) is 1.94. The summed E-state index contributed by atoms with van der Waals surface area (Å²) in [5.74, 6) is 1.63. The minimum absolute atomic E-state index is 0.219. The molecule has 0 saturated carbocycles. The summed E-state index contributed by atoms with van der Waals surface area (Å²) in [4.78, 5) is 16.3. The Morgan fingerprint density at radius 3 is 2.47 bits per heavy atom. The van der Waals surface area contributed by atoms with Crippen molar-refractivity contribution in [1.29, 1.82) is 0 Å². The van der Waals surface area contributed by atoms with Crippen molar-refractivity contribution in [3.8, 4) is 0 Å². The first-order valence-corrected chi connectivity index (χ1v) is 6.00. The number of carbonyl (C=O) groups excluding carboxylic acids is 1. The molecule has 3 N–H and O–H groups in total. The van der Waals surface area contributed by atoms with Crippen molar-refractivity contribution in [2.24, 2.45) is 0 Å². The number of pyridine rings is 1. The first-order chi connectivity index (χ1) is 8.90. The van der Waals surface area contributed by atoms with Gasteiger partial charge in [-0.05, 0) is 39.3 Å². The number of carbonyl (C=O) groups is 1. The molecule has 2 aromatic heterocycles. The van der Waals surface area contributed by atoms with Crippen LogP contribution in [0.3, 0.4) is 0 Å². The van der Waals surface area contributed by atoms with Gasteiger partial charge in [0.2, 0.25) is 0 Å². The van der Waals surface area contributed by atoms with E-state index in [2.05, 4.69) is 10.3 Å². The maximum atomic E-state index is 12.2. The molecule has 1 amide bonds. The molecule has 100 valence electrons. The Morgan fingerprint density at radius 2 is 1.95 bits per heavy atom. The van der Waals surface area contributed by atoms with Crippen LogP contribution in [0.1, 0.15) is 33.0 Å². The molecule has 0 aliphatic rings. The Kier molecular flexibility index (Phi) is 3.29. The lowest BCUT2D eigenvalue weighted by atomic mass is 10.1. The number of nitrogen functional groups attached to an aromatic ring is 1. The van der Waals surface area contributed by atoms with E-state index in [4.69, 9.17) is 10.2 Å². The molecule has 0 unspecified atom stereocenters. The zero-order chi connectivity index (χ0) is 14.2. The SMILES string of the molecule is Cc1cc(NC(=O)c2c(C)oc(C)c2C)ncc1N. The van der Waals surface area contributed by atoms with Crippen LogP contribution in [0.25, 0.3) is 0 Å². The number of hydrogen-bond acceptors (Lipinski definition) is 4. The number of amides is 1. The number of aryl methyl sites for hydroxylation is 3. The molecule has 0 aromatic carbocycles. The minimum Gasteiger partial charge on any atom is -0.466 e. The summed E-state index contributed by atoms with van der Waals surface area (Å²) < 4.78 is 5.45. The van der Waals surface area contributed by atoms with Gasteiger partial charge in [0.25, 0.3) is 5.91 Å². The first-order valence-electron chi connectivity index (χ1n) is 6.00. The molecule has 0 fully saturated rings. The summed E-state index contributed by atoms with van der Waals surface area (Å²) in [6.07, 6.45) is 1.53. The van der Waals surface area contributed by atoms with Crippen LogP contribution in [0.2, 0.25) is 0 Å². The quantitative estimate of drug-likeness (QED) is 0.868. The number of nitrogens with one attached hydrogen (secondary N) is 1. The predicted molar refractivity (Wildman–Crippen MR) is 74.3 cm³/mol. The Morgan fingerprint density at radius 1 is 1.26 bits per heavy atom. The van der Waals surface area contributed by atoms with Gasteiger partial charge in [-0.3, -0.25) is 4.79 Å². The summed E-state index contributed by atoms with van der Waals surface area (Å²) >= 11 is 0. The second-order valence-corrected chi connectivity index (χ2v) is 4.59. The van der Waals surface area contributed by atoms with Crippen LogP contribution < -0.4 is 11.1 Å². The van der Waals surface area contributed by atoms with Crippen molar-refractivity contribution in [3.05, 3.63) is 40.5 Å². The molecule has 0 bridgehead atoms. The van der Waals surface area contributed by atoms with Gasteiger partial charge in [0.05, 0.1) is 17.4 Å². The second kappa shape index (κ2) is 4.76. The van der Waals surface area contributed by atoms with E-state index in [1.165, 1.54) is 6.20 Å². The zero-order valence-electron chi connectivity index (χ0n) is 11.5. The van der Waals surface area contributed by atoms with Gasteiger partial charge < -0.3 is 15.5 Å². The molecule has 2 aromatic rings. The molecule has 0 atom stereocenters. The van der Waals surface area contributed by atoms with Crippen molar-refractivity contribution >= 4 is 17.4 Å². The summed E-state index contributed by atoms with van der Waals surface area (Å²) in [6.45, 7) is 7.34. The lowest BCUT2D eigenvalue weighted by Crippen LogP contribution is -2.14. The van der Waals surface area contributed by atoms with E-state index in [-0.39, 0.29) is 5.91 Å². The van der Waals surface area contributed by atoms with Crippen LogP contribution in [0.15, 0.2) is 16.7 Å². The molecular weight excluding hydrogens is 242 g/mol. The van der Waals surface area contributed by atoms with Gasteiger partial charge in [0.1, 0.15) is 17.3 Å². The predicted octanol–water partition coefficient (Wildman–Crippen LogP) is 2.74. The number of nitrogens with two attached hydrogens (primary N) is 1. The highest BCUT2D eigenvalue weighted by atomic mass is 16.3. The lowest BCUT2D eigenvalue weighted by Gasteiger charge is -2.06. The number of hydrogen-bond donors (Lipinski definition) is 2. The molecule has 0 saturated heterocycles. The van der Waals surface area contributed by atoms with Crippen LogP contribution in [-0.2, 0) is 0 Å². The zero-order valence-corrected chi connectivity index (χ0v) is 11.5. The Hall–Kier alpha value is -2.30. The summed E-state index contributed by atoms with van der Waals surface area (Å²) in [7, 11) is 0. The average molecular weight is 259 g/mol. The molecule has 0 radical (unpaired) electrons. The number of rotatable bonds is 2. The summed E-state index contributed by atoms with van der Waals surface area (Å²) in [5.41, 5.74) is 8.58. The first kappa shape index (κ1) is 13.1. The van der Waals surface area contributed by atoms with E-state index >= 15 is 0 Å². The highest BCUT2D eigenvalue weighted by Gasteiger charge is 2.18. The Labute approximate surface area is 111 Å². The molecule has 0 aliphatic heterocycles. The third kappa shape index (κ3) is 2.45. The number of nitrogens with zero attached hydrogens (tertiary/aromatic N) is 1. The third-order valence-electron chi connectivity index (χ3n) is 3.18. The number of anilines is 2. The number of aromatic nitrogens is 1. The molecule has 5 nitrogen and oxygen atoms in total. The second-order valence-electron chi connectivity index (χ2n) is 4.59. The Bertz CT molecular complexity index is 644. The van der Waals surface area contributed by atoms with Gasteiger partial charge in [-0.25, -0.2) is 4.98 Å². The normalized spacial score (nSPS) is 10.5. The van der Waals surface area contributed by atoms with E-state index in [1.54, 1.807) is 13.0 Å². The van der Waals surface area contributed by atoms with Crippen LogP contribution in [-0.4, -0.2) is 10.9 Å². The molecular formula is C14H17N3O2. The third-order valence-corrected chi connectivity index (χ3v) is 3.18. The van der Waals surface area contributed by atoms with Crippen LogP contribution in [0.5, 0.6) is 0 Å². The summed E-state index contributed by atoms with van der Waals surface area (Å²) in [5, 5.41) is 2.76. The van der Waals surface area contributed by atoms with Crippen LogP contribution >= 0.6 is 0 Å². The smallest absolute Gasteiger partial charge is 0.260 e. The van der Waals surface area contributed by atoms with Crippen LogP contribution in [0.4, 0.5) is 11.5 Å². The molecule has 0 spiro atoms. The number of furan rings is 1. The molecule has 0 aliphatic carbocycles. The molecule has 2 heterocycles. The Balaban J connectivity index is 2.28. The molecule has 19 heavy (non-hydrogen) atoms. The topological polar surface area (TPSA) is 81.2 Å². The van der Waals surface area contributed by atoms with E-state index in [0.29, 0.717) is 22.8 Å². The molecule has 2 rings (SSSR count). The van der Waals surface area contributed by atoms with E-state index < -0.39 is 0 Å². The van der Waals surface area contributed by atoms with Gasteiger partial charge in [-0.15, -0.1) is 0 Å². The van der Waals surface area contributed by atoms with Crippen molar-refractivity contribution in [1.82, 2.24) is 4.98 Å². The van der Waals surface area contributed by atoms with Gasteiger partial charge in [-0.2, -0.15) is 0 Å².